The van der Waals surface area contributed by atoms with Crippen molar-refractivity contribution in [1.82, 2.24) is 25.1 Å². The lowest BCUT2D eigenvalue weighted by Crippen LogP contribution is -2.52. The van der Waals surface area contributed by atoms with E-state index in [0.29, 0.717) is 51.6 Å². The fraction of sp³-hybridized carbons (Fsp3) is 0.477. The van der Waals surface area contributed by atoms with Crippen LogP contribution in [0.3, 0.4) is 0 Å². The molecule has 2 unspecified atom stereocenters. The number of methoxy groups -OCH3 is 2. The molecule has 7 rings (SSSR count). The second kappa shape index (κ2) is 17.6. The summed E-state index contributed by atoms with van der Waals surface area (Å²) in [4.78, 5) is 50.9. The third kappa shape index (κ3) is 8.98. The number of carbonyl (C=O) groups excluding carboxylic acids is 3. The summed E-state index contributed by atoms with van der Waals surface area (Å²) in [6, 6.07) is 6.81. The molecule has 3 aromatic carbocycles. The van der Waals surface area contributed by atoms with Crippen LogP contribution in [0, 0.1) is 12.7 Å². The number of nitrogens with zero attached hydrogens (tertiary/aromatic N) is 4. The van der Waals surface area contributed by atoms with Crippen LogP contribution in [0.25, 0.3) is 10.9 Å². The predicted octanol–water partition coefficient (Wildman–Crippen LogP) is 7.61. The van der Waals surface area contributed by atoms with E-state index in [4.69, 9.17) is 20.2 Å². The summed E-state index contributed by atoms with van der Waals surface area (Å²) in [5, 5.41) is 6.27. The highest BCUT2D eigenvalue weighted by molar-refractivity contribution is 6.05. The number of piperidine rings is 2. The van der Waals surface area contributed by atoms with Gasteiger partial charge in [-0.1, -0.05) is 12.8 Å². The number of hydrogen-bond acceptors (Lipinski definition) is 10. The van der Waals surface area contributed by atoms with Gasteiger partial charge in [0.15, 0.2) is 11.5 Å². The lowest BCUT2D eigenvalue weighted by atomic mass is 9.85. The number of rotatable bonds is 14. The van der Waals surface area contributed by atoms with E-state index in [-0.39, 0.29) is 42.8 Å². The van der Waals surface area contributed by atoms with Gasteiger partial charge in [0.05, 0.1) is 31.3 Å². The number of benzene rings is 3. The van der Waals surface area contributed by atoms with Crippen molar-refractivity contribution in [3.63, 3.8) is 0 Å². The minimum atomic E-state index is -4.54. The molecule has 60 heavy (non-hydrogen) atoms. The summed E-state index contributed by atoms with van der Waals surface area (Å²) >= 11 is 0. The van der Waals surface area contributed by atoms with Gasteiger partial charge in [-0.3, -0.25) is 19.7 Å². The third-order valence-corrected chi connectivity index (χ3v) is 12.0. The monoisotopic (exact) mass is 833 g/mol. The molecule has 12 nitrogen and oxygen atoms in total. The first kappa shape index (κ1) is 42.6. The molecule has 0 aliphatic carbocycles. The number of aromatic nitrogens is 2. The molecule has 1 aromatic heterocycles. The van der Waals surface area contributed by atoms with E-state index in [1.807, 2.05) is 0 Å². The van der Waals surface area contributed by atoms with Gasteiger partial charge in [-0.2, -0.15) is 13.2 Å². The zero-order valence-electron chi connectivity index (χ0n) is 34.3. The molecule has 16 heteroatoms. The Balaban J connectivity index is 0.950. The molecule has 2 saturated heterocycles. The molecule has 3 amide bonds. The van der Waals surface area contributed by atoms with E-state index in [2.05, 4.69) is 20.5 Å². The van der Waals surface area contributed by atoms with E-state index in [9.17, 15) is 31.9 Å². The van der Waals surface area contributed by atoms with Gasteiger partial charge in [-0.25, -0.2) is 14.4 Å². The number of halogens is 4. The summed E-state index contributed by atoms with van der Waals surface area (Å²) in [7, 11) is 3.14. The number of unbranched alkanes of at least 4 members (excludes halogenated alkanes) is 3. The van der Waals surface area contributed by atoms with Crippen molar-refractivity contribution in [2.24, 2.45) is 0 Å². The molecule has 3 aliphatic heterocycles. The van der Waals surface area contributed by atoms with E-state index in [1.54, 1.807) is 40.2 Å². The van der Waals surface area contributed by atoms with Crippen molar-refractivity contribution in [3.8, 4) is 11.5 Å². The van der Waals surface area contributed by atoms with Gasteiger partial charge in [0.25, 0.3) is 5.91 Å². The zero-order valence-corrected chi connectivity index (χ0v) is 34.3. The first-order valence-corrected chi connectivity index (χ1v) is 20.5. The Morgan fingerprint density at radius 2 is 1.72 bits per heavy atom. The molecule has 0 saturated carbocycles. The Morgan fingerprint density at radius 1 is 0.967 bits per heavy atom. The minimum absolute atomic E-state index is 0.0153. The number of anilines is 2. The molecule has 2 atom stereocenters. The highest BCUT2D eigenvalue weighted by Gasteiger charge is 2.41. The highest BCUT2D eigenvalue weighted by Crippen LogP contribution is 2.42. The Bertz CT molecular complexity index is 2300. The summed E-state index contributed by atoms with van der Waals surface area (Å²) in [6.45, 7) is 6.38. The van der Waals surface area contributed by atoms with Gasteiger partial charge in [0, 0.05) is 35.2 Å². The number of nitrogens with two attached hydrogens (primary N) is 1. The van der Waals surface area contributed by atoms with Crippen LogP contribution >= 0.6 is 0 Å². The lowest BCUT2D eigenvalue weighted by Gasteiger charge is -2.33. The van der Waals surface area contributed by atoms with E-state index >= 15 is 0 Å². The molecule has 4 N–H and O–H groups in total. The zero-order chi connectivity index (χ0) is 42.9. The first-order chi connectivity index (χ1) is 28.6. The van der Waals surface area contributed by atoms with Gasteiger partial charge in [0.2, 0.25) is 11.8 Å². The number of likely N-dealkylation sites (tertiary alicyclic amines) is 1. The molecule has 0 bridgehead atoms. The van der Waals surface area contributed by atoms with E-state index in [0.717, 1.165) is 87.0 Å². The van der Waals surface area contributed by atoms with E-state index in [1.165, 1.54) is 17.0 Å². The number of hydrogen-bond donors (Lipinski definition) is 3. The molecular weight excluding hydrogens is 783 g/mol. The van der Waals surface area contributed by atoms with Crippen LogP contribution in [0.4, 0.5) is 29.1 Å². The SMILES string of the molecule is COc1cc2c(NC(C)c3cc(N)cc(C(F)(F)F)c3)nc(C)nc2c(CCCCCCN2CCC(c3cc(F)cc4c3CN(C3CCC(=O)NC3=O)C4=O)CC2)c1OC. The minimum Gasteiger partial charge on any atom is -0.493 e. The van der Waals surface area contributed by atoms with Gasteiger partial charge in [-0.15, -0.1) is 0 Å². The number of carbonyl (C=O) groups is 3. The van der Waals surface area contributed by atoms with Gasteiger partial charge < -0.3 is 30.3 Å². The Hall–Kier alpha value is -5.51. The van der Waals surface area contributed by atoms with Crippen molar-refractivity contribution < 1.29 is 41.4 Å². The maximum atomic E-state index is 14.9. The number of aryl methyl sites for hydroxylation is 2. The first-order valence-electron chi connectivity index (χ1n) is 20.5. The second-order valence-corrected chi connectivity index (χ2v) is 16.1. The number of nitrogen functional groups attached to an aromatic ring is 1. The summed E-state index contributed by atoms with van der Waals surface area (Å²) < 4.78 is 67.2. The standard InChI is InChI=1S/C44H51F4N7O5/c1-24(27-17-28(44(46,47)48)19-30(49)18-27)50-41-34-22-37(59-3)40(60-4)31(39(34)51-25(2)52-41)9-7-5-6-8-14-54-15-12-26(13-16-54)32-20-29(45)21-33-35(32)23-55(43(33)58)36-10-11-38(56)53-42(36)57/h17-22,24,26,36H,5-16,23,49H2,1-4H3,(H,50,51,52)(H,53,56,57). The summed E-state index contributed by atoms with van der Waals surface area (Å²) in [6.07, 6.45) is 1.99. The topological polar surface area (TPSA) is 152 Å². The second-order valence-electron chi connectivity index (χ2n) is 16.1. The fourth-order valence-electron chi connectivity index (χ4n) is 8.97. The highest BCUT2D eigenvalue weighted by atomic mass is 19.4. The molecule has 2 fully saturated rings. The number of fused-ring (bicyclic) bond motifs is 2. The van der Waals surface area contributed by atoms with Crippen molar-refractivity contribution in [1.29, 1.82) is 0 Å². The van der Waals surface area contributed by atoms with Crippen molar-refractivity contribution in [2.45, 2.75) is 102 Å². The quantitative estimate of drug-likeness (QED) is 0.0501. The molecule has 0 radical (unpaired) electrons. The average Bonchev–Trinajstić information content (AvgIpc) is 3.53. The average molecular weight is 834 g/mol. The number of imide groups is 1. The van der Waals surface area contributed by atoms with Crippen LogP contribution in [-0.2, 0) is 28.7 Å². The Morgan fingerprint density at radius 3 is 2.42 bits per heavy atom. The van der Waals surface area contributed by atoms with Crippen LogP contribution in [0.5, 0.6) is 11.5 Å². The van der Waals surface area contributed by atoms with Gasteiger partial charge in [-0.05, 0) is 131 Å². The number of amides is 3. The molecule has 320 valence electrons. The fourth-order valence-corrected chi connectivity index (χ4v) is 8.97. The van der Waals surface area contributed by atoms with Crippen LogP contribution in [0.15, 0.2) is 36.4 Å². The largest absolute Gasteiger partial charge is 0.493 e. The molecule has 0 spiro atoms. The predicted molar refractivity (Wildman–Crippen MR) is 218 cm³/mol. The molecule has 3 aliphatic rings. The van der Waals surface area contributed by atoms with Gasteiger partial charge >= 0.3 is 6.18 Å². The Kier molecular flexibility index (Phi) is 12.5. The maximum absolute atomic E-state index is 14.9. The van der Waals surface area contributed by atoms with Crippen molar-refractivity contribution >= 4 is 40.1 Å². The summed E-state index contributed by atoms with van der Waals surface area (Å²) in [5.74, 6) is 0.452. The molecular formula is C44H51F4N7O5. The van der Waals surface area contributed by atoms with Crippen molar-refractivity contribution in [3.05, 3.63) is 81.4 Å². The van der Waals surface area contributed by atoms with Crippen LogP contribution in [-0.4, -0.2) is 77.4 Å². The molecule has 4 heterocycles. The summed E-state index contributed by atoms with van der Waals surface area (Å²) in [5.41, 5.74) is 8.90. The van der Waals surface area contributed by atoms with Crippen LogP contribution in [0.2, 0.25) is 0 Å². The maximum Gasteiger partial charge on any atom is 0.416 e. The van der Waals surface area contributed by atoms with Crippen molar-refractivity contribution in [2.75, 3.05) is 44.9 Å². The number of ether oxygens (including phenoxy) is 2. The molecule has 4 aromatic rings. The number of alkyl halides is 3. The lowest BCUT2D eigenvalue weighted by molar-refractivity contribution is -0.138. The van der Waals surface area contributed by atoms with E-state index < -0.39 is 35.5 Å². The van der Waals surface area contributed by atoms with Gasteiger partial charge in [0.1, 0.15) is 23.5 Å². The normalized spacial score (nSPS) is 18.2. The number of nitrogens with one attached hydrogen (secondary N) is 2. The third-order valence-electron chi connectivity index (χ3n) is 12.0. The smallest absolute Gasteiger partial charge is 0.416 e. The van der Waals surface area contributed by atoms with Crippen LogP contribution < -0.4 is 25.8 Å². The Labute approximate surface area is 346 Å². The van der Waals surface area contributed by atoms with Crippen LogP contribution in [0.1, 0.15) is 114 Å².